The quantitative estimate of drug-likeness (QED) is 0.337. The molecule has 35 heavy (non-hydrogen) atoms. The van der Waals surface area contributed by atoms with Crippen molar-refractivity contribution in [2.45, 2.75) is 53.2 Å². The molecule has 3 aromatic rings. The van der Waals surface area contributed by atoms with Gasteiger partial charge < -0.3 is 9.47 Å². The topological polar surface area (TPSA) is 56.6 Å². The maximum absolute atomic E-state index is 11.8. The number of carbonyl (C=O) groups is 1. The van der Waals surface area contributed by atoms with Crippen molar-refractivity contribution >= 4 is 34.0 Å². The standard InChI is InChI=1S/C28H34ClN3O3/c1-6-34-27(33)16-31(5)15-22-9-8-21-14-23(10-11-24(21)19(22)4)35-17-20-7-12-26-25(13-20)28(29)30-32(26)18(2)3/h7,10-14,18H,6,8-9,15-17H2,1-5H3. The van der Waals surface area contributed by atoms with Gasteiger partial charge in [0.25, 0.3) is 0 Å². The molecule has 0 unspecified atom stereocenters. The molecule has 186 valence electrons. The lowest BCUT2D eigenvalue weighted by Crippen LogP contribution is -2.30. The number of rotatable bonds is 9. The van der Waals surface area contributed by atoms with Gasteiger partial charge in [0.15, 0.2) is 5.15 Å². The number of benzene rings is 2. The summed E-state index contributed by atoms with van der Waals surface area (Å²) in [5.74, 6) is 0.685. The Bertz CT molecular complexity index is 1260. The van der Waals surface area contributed by atoms with Gasteiger partial charge in [0.1, 0.15) is 12.4 Å². The summed E-state index contributed by atoms with van der Waals surface area (Å²) in [4.78, 5) is 13.8. The zero-order chi connectivity index (χ0) is 25.1. The zero-order valence-electron chi connectivity index (χ0n) is 21.2. The number of allylic oxidation sites excluding steroid dienone is 1. The molecule has 0 fully saturated rings. The van der Waals surface area contributed by atoms with Crippen molar-refractivity contribution < 1.29 is 14.3 Å². The third kappa shape index (κ3) is 5.71. The molecule has 4 rings (SSSR count). The van der Waals surface area contributed by atoms with E-state index in [2.05, 4.69) is 56.2 Å². The number of aromatic nitrogens is 2. The van der Waals surface area contributed by atoms with Crippen LogP contribution in [0.5, 0.6) is 5.75 Å². The highest BCUT2D eigenvalue weighted by Gasteiger charge is 2.19. The fourth-order valence-electron chi connectivity index (χ4n) is 4.70. The molecule has 0 bridgehead atoms. The minimum absolute atomic E-state index is 0.179. The highest BCUT2D eigenvalue weighted by atomic mass is 35.5. The van der Waals surface area contributed by atoms with Gasteiger partial charge in [-0.25, -0.2) is 0 Å². The van der Waals surface area contributed by atoms with Gasteiger partial charge in [-0.3, -0.25) is 14.4 Å². The predicted octanol–water partition coefficient (Wildman–Crippen LogP) is 6.06. The fraction of sp³-hybridized carbons (Fsp3) is 0.429. The minimum Gasteiger partial charge on any atom is -0.489 e. The van der Waals surface area contributed by atoms with Crippen LogP contribution >= 0.6 is 11.6 Å². The summed E-state index contributed by atoms with van der Waals surface area (Å²) in [5, 5.41) is 5.94. The van der Waals surface area contributed by atoms with Gasteiger partial charge in [0.2, 0.25) is 0 Å². The minimum atomic E-state index is -0.179. The molecule has 0 amide bonds. The molecule has 0 aliphatic heterocycles. The van der Waals surface area contributed by atoms with E-state index in [0.717, 1.165) is 41.6 Å². The molecule has 0 N–H and O–H groups in total. The third-order valence-corrected chi connectivity index (χ3v) is 6.77. The summed E-state index contributed by atoms with van der Waals surface area (Å²) in [5.41, 5.74) is 7.31. The Kier molecular flexibility index (Phi) is 7.82. The third-order valence-electron chi connectivity index (χ3n) is 6.49. The maximum Gasteiger partial charge on any atom is 0.320 e. The van der Waals surface area contributed by atoms with Crippen LogP contribution in [0, 0.1) is 0 Å². The number of esters is 1. The van der Waals surface area contributed by atoms with Crippen molar-refractivity contribution in [2.75, 3.05) is 26.7 Å². The molecule has 1 heterocycles. The molecule has 1 aromatic heterocycles. The first kappa shape index (κ1) is 25.3. The van der Waals surface area contributed by atoms with Gasteiger partial charge in [0, 0.05) is 18.0 Å². The molecule has 1 aliphatic carbocycles. The lowest BCUT2D eigenvalue weighted by molar-refractivity contribution is -0.143. The molecule has 6 nitrogen and oxygen atoms in total. The van der Waals surface area contributed by atoms with Crippen molar-refractivity contribution in [3.63, 3.8) is 0 Å². The first-order valence-electron chi connectivity index (χ1n) is 12.2. The lowest BCUT2D eigenvalue weighted by Gasteiger charge is -2.25. The largest absolute Gasteiger partial charge is 0.489 e. The van der Waals surface area contributed by atoms with Gasteiger partial charge in [0.05, 0.1) is 18.7 Å². The van der Waals surface area contributed by atoms with Crippen LogP contribution in [0.25, 0.3) is 16.5 Å². The van der Waals surface area contributed by atoms with E-state index in [1.807, 2.05) is 29.6 Å². The van der Waals surface area contributed by atoms with Crippen LogP contribution in [0.3, 0.4) is 0 Å². The number of aryl methyl sites for hydroxylation is 1. The number of hydrogen-bond acceptors (Lipinski definition) is 5. The highest BCUT2D eigenvalue weighted by Crippen LogP contribution is 2.34. The summed E-state index contributed by atoms with van der Waals surface area (Å²) in [6.07, 6.45) is 1.94. The number of fused-ring (bicyclic) bond motifs is 2. The second-order valence-corrected chi connectivity index (χ2v) is 9.85. The van der Waals surface area contributed by atoms with Crippen molar-refractivity contribution in [2.24, 2.45) is 0 Å². The zero-order valence-corrected chi connectivity index (χ0v) is 22.0. The van der Waals surface area contributed by atoms with Crippen LogP contribution in [-0.4, -0.2) is 47.4 Å². The average Bonchev–Trinajstić information content (AvgIpc) is 3.16. The summed E-state index contributed by atoms with van der Waals surface area (Å²) in [6.45, 7) is 10.1. The van der Waals surface area contributed by atoms with Crippen molar-refractivity contribution in [3.8, 4) is 5.75 Å². The molecular weight excluding hydrogens is 462 g/mol. The lowest BCUT2D eigenvalue weighted by atomic mass is 9.86. The average molecular weight is 496 g/mol. The van der Waals surface area contributed by atoms with Crippen LogP contribution in [-0.2, 0) is 22.6 Å². The Hall–Kier alpha value is -2.83. The van der Waals surface area contributed by atoms with Gasteiger partial charge >= 0.3 is 5.97 Å². The molecule has 0 spiro atoms. The fourth-order valence-corrected chi connectivity index (χ4v) is 4.94. The maximum atomic E-state index is 11.8. The molecule has 1 aliphatic rings. The summed E-state index contributed by atoms with van der Waals surface area (Å²) in [6, 6.07) is 12.8. The molecular formula is C28H34ClN3O3. The first-order chi connectivity index (χ1) is 16.8. The number of likely N-dealkylation sites (N-methyl/N-ethyl adjacent to an activating group) is 1. The number of halogens is 1. The van der Waals surface area contributed by atoms with E-state index in [1.165, 1.54) is 22.3 Å². The van der Waals surface area contributed by atoms with E-state index >= 15 is 0 Å². The Morgan fingerprint density at radius 3 is 2.74 bits per heavy atom. The number of carbonyl (C=O) groups excluding carboxylic acids is 1. The van der Waals surface area contributed by atoms with Crippen molar-refractivity contribution in [1.29, 1.82) is 0 Å². The molecule has 0 atom stereocenters. The van der Waals surface area contributed by atoms with Gasteiger partial charge in [-0.1, -0.05) is 29.3 Å². The van der Waals surface area contributed by atoms with E-state index in [-0.39, 0.29) is 12.0 Å². The molecule has 0 saturated carbocycles. The smallest absolute Gasteiger partial charge is 0.320 e. The second kappa shape index (κ2) is 10.8. The Labute approximate surface area is 212 Å². The van der Waals surface area contributed by atoms with Crippen LogP contribution in [0.15, 0.2) is 42.0 Å². The highest BCUT2D eigenvalue weighted by molar-refractivity contribution is 6.34. The van der Waals surface area contributed by atoms with Crippen LogP contribution < -0.4 is 4.74 Å². The van der Waals surface area contributed by atoms with Gasteiger partial charge in [-0.2, -0.15) is 5.10 Å². The van der Waals surface area contributed by atoms with E-state index in [4.69, 9.17) is 21.1 Å². The Morgan fingerprint density at radius 1 is 1.20 bits per heavy atom. The normalized spacial score (nSPS) is 13.6. The van der Waals surface area contributed by atoms with E-state index in [1.54, 1.807) is 0 Å². The number of ether oxygens (including phenoxy) is 2. The van der Waals surface area contributed by atoms with Crippen LogP contribution in [0.1, 0.15) is 56.8 Å². The molecule has 0 saturated heterocycles. The first-order valence-corrected chi connectivity index (χ1v) is 12.6. The molecule has 0 radical (unpaired) electrons. The summed E-state index contributed by atoms with van der Waals surface area (Å²) < 4.78 is 13.2. The summed E-state index contributed by atoms with van der Waals surface area (Å²) >= 11 is 6.38. The van der Waals surface area contributed by atoms with Crippen molar-refractivity contribution in [1.82, 2.24) is 14.7 Å². The molecule has 2 aromatic carbocycles. The number of nitrogens with zero attached hydrogens (tertiary/aromatic N) is 3. The molecule has 7 heteroatoms. The summed E-state index contributed by atoms with van der Waals surface area (Å²) in [7, 11) is 1.96. The monoisotopic (exact) mass is 495 g/mol. The Balaban J connectivity index is 1.43. The number of hydrogen-bond donors (Lipinski definition) is 0. The van der Waals surface area contributed by atoms with Crippen LogP contribution in [0.2, 0.25) is 5.15 Å². The predicted molar refractivity (Wildman–Crippen MR) is 141 cm³/mol. The van der Waals surface area contributed by atoms with E-state index in [0.29, 0.717) is 24.9 Å². The second-order valence-electron chi connectivity index (χ2n) is 9.49. The van der Waals surface area contributed by atoms with Gasteiger partial charge in [-0.15, -0.1) is 0 Å². The van der Waals surface area contributed by atoms with Crippen LogP contribution in [0.4, 0.5) is 0 Å². The Morgan fingerprint density at radius 2 is 2.00 bits per heavy atom. The SMILES string of the molecule is CCOC(=O)CN(C)CC1=C(C)c2ccc(OCc3ccc4c(c3)c(Cl)nn4C(C)C)cc2CC1. The van der Waals surface area contributed by atoms with E-state index < -0.39 is 0 Å². The van der Waals surface area contributed by atoms with Gasteiger partial charge in [-0.05, 0) is 94.1 Å². The van der Waals surface area contributed by atoms with E-state index in [9.17, 15) is 4.79 Å². The van der Waals surface area contributed by atoms with Crippen molar-refractivity contribution in [3.05, 3.63) is 63.8 Å².